The van der Waals surface area contributed by atoms with Gasteiger partial charge in [-0.3, -0.25) is 4.90 Å². The second-order valence-electron chi connectivity index (χ2n) is 5.17. The second-order valence-corrected chi connectivity index (χ2v) is 5.17. The van der Waals surface area contributed by atoms with E-state index in [1.165, 1.54) is 18.2 Å². The van der Waals surface area contributed by atoms with E-state index >= 15 is 0 Å². The van der Waals surface area contributed by atoms with Crippen LogP contribution in [0.1, 0.15) is 24.9 Å². The highest BCUT2D eigenvalue weighted by Gasteiger charge is 2.24. The van der Waals surface area contributed by atoms with Crippen LogP contribution < -0.4 is 5.32 Å². The second kappa shape index (κ2) is 9.26. The third kappa shape index (κ3) is 5.47. The molecular formula is C15H23Cl2FN2O. The zero-order valence-corrected chi connectivity index (χ0v) is 13.8. The molecule has 6 heteroatoms. The van der Waals surface area contributed by atoms with E-state index in [2.05, 4.69) is 16.8 Å². The maximum Gasteiger partial charge on any atom is 0.123 e. The summed E-state index contributed by atoms with van der Waals surface area (Å²) in [6.07, 6.45) is 0.733. The van der Waals surface area contributed by atoms with E-state index < -0.39 is 0 Å². The van der Waals surface area contributed by atoms with E-state index in [1.54, 1.807) is 0 Å². The van der Waals surface area contributed by atoms with E-state index in [9.17, 15) is 9.50 Å². The smallest absolute Gasteiger partial charge is 0.123 e. The Bertz CT molecular complexity index is 465. The number of aromatic hydroxyl groups is 1. The van der Waals surface area contributed by atoms with Crippen molar-refractivity contribution < 1.29 is 9.50 Å². The highest BCUT2D eigenvalue weighted by atomic mass is 35.5. The number of piperazine rings is 1. The molecule has 0 aromatic heterocycles. The lowest BCUT2D eigenvalue weighted by Crippen LogP contribution is -2.45. The fourth-order valence-corrected chi connectivity index (χ4v) is 2.55. The van der Waals surface area contributed by atoms with Crippen LogP contribution in [0.15, 0.2) is 30.4 Å². The molecule has 1 aromatic carbocycles. The first kappa shape index (κ1) is 20.2. The SMILES string of the molecule is C=C(C)C[C@H](c1cc(F)ccc1O)N1CCNCC1.Cl.Cl. The van der Waals surface area contributed by atoms with Gasteiger partial charge in [-0.05, 0) is 31.5 Å². The molecule has 0 aliphatic carbocycles. The number of benzene rings is 1. The quantitative estimate of drug-likeness (QED) is 0.828. The van der Waals surface area contributed by atoms with Gasteiger partial charge >= 0.3 is 0 Å². The Hall–Kier alpha value is -0.810. The number of phenolic OH excluding ortho intramolecular Hbond substituents is 1. The molecule has 3 nitrogen and oxygen atoms in total. The first-order valence-corrected chi connectivity index (χ1v) is 6.65. The first-order chi connectivity index (χ1) is 9.08. The minimum absolute atomic E-state index is 0. The van der Waals surface area contributed by atoms with Gasteiger partial charge in [-0.15, -0.1) is 31.4 Å². The van der Waals surface area contributed by atoms with Crippen molar-refractivity contribution >= 4 is 24.8 Å². The summed E-state index contributed by atoms with van der Waals surface area (Å²) < 4.78 is 13.4. The molecule has 1 aliphatic rings. The molecule has 1 atom stereocenters. The zero-order valence-electron chi connectivity index (χ0n) is 12.1. The maximum atomic E-state index is 13.4. The van der Waals surface area contributed by atoms with Crippen molar-refractivity contribution in [2.24, 2.45) is 0 Å². The lowest BCUT2D eigenvalue weighted by Gasteiger charge is -2.35. The van der Waals surface area contributed by atoms with Gasteiger partial charge in [0.1, 0.15) is 11.6 Å². The van der Waals surface area contributed by atoms with Crippen LogP contribution in [-0.4, -0.2) is 36.2 Å². The minimum Gasteiger partial charge on any atom is -0.508 e. The Labute approximate surface area is 138 Å². The normalized spacial score (nSPS) is 16.5. The number of rotatable bonds is 4. The van der Waals surface area contributed by atoms with Crippen LogP contribution in [0.2, 0.25) is 0 Å². The van der Waals surface area contributed by atoms with Crippen molar-refractivity contribution in [3.05, 3.63) is 41.7 Å². The third-order valence-electron chi connectivity index (χ3n) is 3.48. The molecule has 0 saturated carbocycles. The highest BCUT2D eigenvalue weighted by molar-refractivity contribution is 5.85. The first-order valence-electron chi connectivity index (χ1n) is 6.65. The summed E-state index contributed by atoms with van der Waals surface area (Å²) in [7, 11) is 0. The van der Waals surface area contributed by atoms with Gasteiger partial charge in [-0.1, -0.05) is 5.57 Å². The third-order valence-corrected chi connectivity index (χ3v) is 3.48. The standard InChI is InChI=1S/C15H21FN2O.2ClH/c1-11(2)9-14(18-7-5-17-6-8-18)13-10-12(16)3-4-15(13)19;;/h3-4,10,14,17,19H,1,5-9H2,2H3;2*1H/t14-;;/m1../s1. The monoisotopic (exact) mass is 336 g/mol. The van der Waals surface area contributed by atoms with E-state index in [0.717, 1.165) is 38.2 Å². The molecule has 2 N–H and O–H groups in total. The number of hydrogen-bond acceptors (Lipinski definition) is 3. The summed E-state index contributed by atoms with van der Waals surface area (Å²) in [4.78, 5) is 2.28. The molecule has 1 fully saturated rings. The number of hydrogen-bond donors (Lipinski definition) is 2. The van der Waals surface area contributed by atoms with Crippen LogP contribution in [0.5, 0.6) is 5.75 Å². The van der Waals surface area contributed by atoms with Crippen LogP contribution in [0.25, 0.3) is 0 Å². The van der Waals surface area contributed by atoms with E-state index in [0.29, 0.717) is 5.56 Å². The molecule has 0 radical (unpaired) electrons. The molecule has 2 rings (SSSR count). The largest absolute Gasteiger partial charge is 0.508 e. The van der Waals surface area contributed by atoms with Crippen molar-refractivity contribution in [2.75, 3.05) is 26.2 Å². The molecule has 1 aliphatic heterocycles. The molecule has 0 bridgehead atoms. The van der Waals surface area contributed by atoms with Crippen molar-refractivity contribution in [3.8, 4) is 5.75 Å². The Morgan fingerprint density at radius 1 is 1.38 bits per heavy atom. The lowest BCUT2D eigenvalue weighted by molar-refractivity contribution is 0.169. The number of nitrogens with zero attached hydrogens (tertiary/aromatic N) is 1. The Kier molecular flexibility index (Phi) is 8.90. The summed E-state index contributed by atoms with van der Waals surface area (Å²) >= 11 is 0. The van der Waals surface area contributed by atoms with Gasteiger partial charge in [0.25, 0.3) is 0 Å². The van der Waals surface area contributed by atoms with Crippen molar-refractivity contribution in [1.82, 2.24) is 10.2 Å². The minimum atomic E-state index is -0.311. The van der Waals surface area contributed by atoms with Gasteiger partial charge < -0.3 is 10.4 Å². The predicted octanol–water partition coefficient (Wildman–Crippen LogP) is 3.29. The topological polar surface area (TPSA) is 35.5 Å². The molecule has 120 valence electrons. The predicted molar refractivity (Wildman–Crippen MR) is 89.2 cm³/mol. The molecule has 0 amide bonds. The van der Waals surface area contributed by atoms with Crippen molar-refractivity contribution in [2.45, 2.75) is 19.4 Å². The number of nitrogens with one attached hydrogen (secondary N) is 1. The van der Waals surface area contributed by atoms with Gasteiger partial charge in [0, 0.05) is 37.8 Å². The maximum absolute atomic E-state index is 13.4. The van der Waals surface area contributed by atoms with Crippen LogP contribution in [0.4, 0.5) is 4.39 Å². The van der Waals surface area contributed by atoms with Gasteiger partial charge in [0.2, 0.25) is 0 Å². The van der Waals surface area contributed by atoms with E-state index in [-0.39, 0.29) is 42.4 Å². The zero-order chi connectivity index (χ0) is 13.8. The van der Waals surface area contributed by atoms with Gasteiger partial charge in [-0.2, -0.15) is 0 Å². The van der Waals surface area contributed by atoms with E-state index in [4.69, 9.17) is 0 Å². The van der Waals surface area contributed by atoms with Crippen molar-refractivity contribution in [3.63, 3.8) is 0 Å². The van der Waals surface area contributed by atoms with Gasteiger partial charge in [-0.25, -0.2) is 4.39 Å². The fourth-order valence-electron chi connectivity index (χ4n) is 2.55. The summed E-state index contributed by atoms with van der Waals surface area (Å²) in [6, 6.07) is 4.15. The molecule has 1 heterocycles. The molecular weight excluding hydrogens is 314 g/mol. The van der Waals surface area contributed by atoms with Gasteiger partial charge in [0.05, 0.1) is 0 Å². The van der Waals surface area contributed by atoms with Gasteiger partial charge in [0.15, 0.2) is 0 Å². The molecule has 0 unspecified atom stereocenters. The van der Waals surface area contributed by atoms with Crippen LogP contribution in [-0.2, 0) is 0 Å². The average Bonchev–Trinajstić information content (AvgIpc) is 2.40. The summed E-state index contributed by atoms with van der Waals surface area (Å²) in [5, 5.41) is 13.3. The summed E-state index contributed by atoms with van der Waals surface area (Å²) in [5.74, 6) is -0.152. The van der Waals surface area contributed by atoms with Crippen LogP contribution >= 0.6 is 24.8 Å². The fraction of sp³-hybridized carbons (Fsp3) is 0.467. The van der Waals surface area contributed by atoms with Crippen LogP contribution in [0.3, 0.4) is 0 Å². The molecule has 1 aromatic rings. The Balaban J connectivity index is 0.00000200. The van der Waals surface area contributed by atoms with Crippen LogP contribution in [0, 0.1) is 5.82 Å². The Morgan fingerprint density at radius 2 is 2.00 bits per heavy atom. The Morgan fingerprint density at radius 3 is 2.57 bits per heavy atom. The molecule has 0 spiro atoms. The highest BCUT2D eigenvalue weighted by Crippen LogP contribution is 2.33. The van der Waals surface area contributed by atoms with Crippen molar-refractivity contribution in [1.29, 1.82) is 0 Å². The number of phenols is 1. The number of halogens is 3. The lowest BCUT2D eigenvalue weighted by atomic mass is 9.97. The van der Waals surface area contributed by atoms with E-state index in [1.807, 2.05) is 6.92 Å². The molecule has 21 heavy (non-hydrogen) atoms. The summed E-state index contributed by atoms with van der Waals surface area (Å²) in [6.45, 7) is 9.55. The average molecular weight is 337 g/mol. The summed E-state index contributed by atoms with van der Waals surface area (Å²) in [5.41, 5.74) is 1.69. The molecule has 1 saturated heterocycles.